The van der Waals surface area contributed by atoms with E-state index in [9.17, 15) is 19.7 Å². The maximum atomic E-state index is 12.3. The number of hydrogen-bond donors (Lipinski definition) is 1. The molecule has 0 aliphatic heterocycles. The molecule has 1 N–H and O–H groups in total. The quantitative estimate of drug-likeness (QED) is 0.595. The summed E-state index contributed by atoms with van der Waals surface area (Å²) in [5.41, 5.74) is 1.17. The molecule has 2 aromatic rings. The number of rotatable bonds is 7. The molecule has 8 nitrogen and oxygen atoms in total. The van der Waals surface area contributed by atoms with Crippen molar-refractivity contribution in [3.8, 4) is 5.75 Å². The van der Waals surface area contributed by atoms with Gasteiger partial charge in [0.05, 0.1) is 11.3 Å². The van der Waals surface area contributed by atoms with Gasteiger partial charge in [0.15, 0.2) is 11.9 Å². The van der Waals surface area contributed by atoms with Crippen molar-refractivity contribution in [1.29, 1.82) is 0 Å². The van der Waals surface area contributed by atoms with E-state index in [1.165, 1.54) is 30.0 Å². The molecule has 0 aliphatic rings. The van der Waals surface area contributed by atoms with Crippen molar-refractivity contribution in [2.24, 2.45) is 0 Å². The maximum absolute atomic E-state index is 12.3. The minimum Gasteiger partial charge on any atom is -0.474 e. The van der Waals surface area contributed by atoms with E-state index in [4.69, 9.17) is 4.74 Å². The summed E-state index contributed by atoms with van der Waals surface area (Å²) in [5.74, 6) is -0.425. The average Bonchev–Trinajstić information content (AvgIpc) is 2.63. The number of para-hydroxylation sites is 2. The zero-order chi connectivity index (χ0) is 20.0. The highest BCUT2D eigenvalue weighted by Gasteiger charge is 2.20. The van der Waals surface area contributed by atoms with Crippen LogP contribution in [0, 0.1) is 10.1 Å². The molecule has 1 atom stereocenters. The SMILES string of the molecule is CC(Oc1ccccc1[N+](=O)[O-])C(=O)Nc1ccc(CC(=O)N(C)C)cc1. The molecule has 2 aromatic carbocycles. The molecule has 142 valence electrons. The first-order chi connectivity index (χ1) is 12.8. The van der Waals surface area contributed by atoms with Crippen LogP contribution in [0.3, 0.4) is 0 Å². The number of nitro benzene ring substituents is 1. The van der Waals surface area contributed by atoms with Gasteiger partial charge in [-0.3, -0.25) is 19.7 Å². The molecule has 8 heteroatoms. The van der Waals surface area contributed by atoms with Crippen molar-refractivity contribution in [3.05, 3.63) is 64.2 Å². The molecule has 0 radical (unpaired) electrons. The molecule has 27 heavy (non-hydrogen) atoms. The second-order valence-corrected chi connectivity index (χ2v) is 6.14. The highest BCUT2D eigenvalue weighted by Crippen LogP contribution is 2.27. The largest absolute Gasteiger partial charge is 0.474 e. The highest BCUT2D eigenvalue weighted by atomic mass is 16.6. The summed E-state index contributed by atoms with van der Waals surface area (Å²) in [6, 6.07) is 12.8. The molecule has 1 unspecified atom stereocenters. The molecule has 0 saturated heterocycles. The van der Waals surface area contributed by atoms with Crippen molar-refractivity contribution >= 4 is 23.2 Å². The van der Waals surface area contributed by atoms with Gasteiger partial charge in [-0.1, -0.05) is 24.3 Å². The third-order valence-corrected chi connectivity index (χ3v) is 3.81. The Bertz CT molecular complexity index is 833. The van der Waals surface area contributed by atoms with Crippen LogP contribution in [0.1, 0.15) is 12.5 Å². The number of carbonyl (C=O) groups is 2. The molecule has 0 aromatic heterocycles. The zero-order valence-corrected chi connectivity index (χ0v) is 15.3. The van der Waals surface area contributed by atoms with Crippen LogP contribution in [0.5, 0.6) is 5.75 Å². The Morgan fingerprint density at radius 1 is 1.15 bits per heavy atom. The average molecular weight is 371 g/mol. The van der Waals surface area contributed by atoms with Crippen LogP contribution in [0.2, 0.25) is 0 Å². The van der Waals surface area contributed by atoms with E-state index < -0.39 is 16.9 Å². The lowest BCUT2D eigenvalue weighted by atomic mass is 10.1. The van der Waals surface area contributed by atoms with Crippen LogP contribution in [0.4, 0.5) is 11.4 Å². The van der Waals surface area contributed by atoms with Gasteiger partial charge in [0, 0.05) is 25.8 Å². The minimum absolute atomic E-state index is 0.0155. The van der Waals surface area contributed by atoms with E-state index in [0.717, 1.165) is 5.56 Å². The van der Waals surface area contributed by atoms with E-state index in [0.29, 0.717) is 5.69 Å². The summed E-state index contributed by atoms with van der Waals surface area (Å²) in [6.45, 7) is 1.51. The van der Waals surface area contributed by atoms with Crippen LogP contribution in [-0.2, 0) is 16.0 Å². The fraction of sp³-hybridized carbons (Fsp3) is 0.263. The van der Waals surface area contributed by atoms with Crippen molar-refractivity contribution < 1.29 is 19.2 Å². The number of nitrogens with one attached hydrogen (secondary N) is 1. The second-order valence-electron chi connectivity index (χ2n) is 6.14. The maximum Gasteiger partial charge on any atom is 0.310 e. The highest BCUT2D eigenvalue weighted by molar-refractivity contribution is 5.94. The van der Waals surface area contributed by atoms with Crippen LogP contribution in [0.15, 0.2) is 48.5 Å². The lowest BCUT2D eigenvalue weighted by molar-refractivity contribution is -0.386. The van der Waals surface area contributed by atoms with Crippen molar-refractivity contribution in [2.45, 2.75) is 19.4 Å². The van der Waals surface area contributed by atoms with Crippen molar-refractivity contribution in [2.75, 3.05) is 19.4 Å². The molecule has 0 saturated carbocycles. The summed E-state index contributed by atoms with van der Waals surface area (Å²) in [5, 5.41) is 13.7. The molecule has 0 spiro atoms. The van der Waals surface area contributed by atoms with Gasteiger partial charge in [-0.25, -0.2) is 0 Å². The second kappa shape index (κ2) is 8.79. The van der Waals surface area contributed by atoms with Gasteiger partial charge in [-0.15, -0.1) is 0 Å². The van der Waals surface area contributed by atoms with E-state index >= 15 is 0 Å². The Labute approximate surface area is 156 Å². The topological polar surface area (TPSA) is 102 Å². The van der Waals surface area contributed by atoms with E-state index in [-0.39, 0.29) is 23.8 Å². The minimum atomic E-state index is -0.930. The van der Waals surface area contributed by atoms with Gasteiger partial charge >= 0.3 is 5.69 Å². The van der Waals surface area contributed by atoms with Crippen molar-refractivity contribution in [3.63, 3.8) is 0 Å². The monoisotopic (exact) mass is 371 g/mol. The Morgan fingerprint density at radius 3 is 2.37 bits per heavy atom. The molecular formula is C19H21N3O5. The lowest BCUT2D eigenvalue weighted by Gasteiger charge is -2.15. The number of carbonyl (C=O) groups excluding carboxylic acids is 2. The summed E-state index contributed by atoms with van der Waals surface area (Å²) in [6.07, 6.45) is -0.653. The number of nitrogens with zero attached hydrogens (tertiary/aromatic N) is 2. The third kappa shape index (κ3) is 5.53. The Kier molecular flexibility index (Phi) is 6.48. The fourth-order valence-electron chi connectivity index (χ4n) is 2.23. The molecule has 0 bridgehead atoms. The molecular weight excluding hydrogens is 350 g/mol. The fourth-order valence-corrected chi connectivity index (χ4v) is 2.23. The number of amides is 2. The summed E-state index contributed by atoms with van der Waals surface area (Å²) < 4.78 is 5.44. The van der Waals surface area contributed by atoms with Crippen LogP contribution in [-0.4, -0.2) is 41.8 Å². The van der Waals surface area contributed by atoms with Gasteiger partial charge in [-0.2, -0.15) is 0 Å². The first-order valence-corrected chi connectivity index (χ1v) is 8.28. The number of likely N-dealkylation sites (N-methyl/N-ethyl adjacent to an activating group) is 1. The van der Waals surface area contributed by atoms with E-state index in [1.807, 2.05) is 0 Å². The molecule has 2 rings (SSSR count). The van der Waals surface area contributed by atoms with Crippen LogP contribution < -0.4 is 10.1 Å². The summed E-state index contributed by atoms with van der Waals surface area (Å²) >= 11 is 0. The van der Waals surface area contributed by atoms with Crippen molar-refractivity contribution in [1.82, 2.24) is 4.90 Å². The predicted molar refractivity (Wildman–Crippen MR) is 101 cm³/mol. The number of nitro groups is 1. The number of anilines is 1. The van der Waals surface area contributed by atoms with Crippen LogP contribution >= 0.6 is 0 Å². The Hall–Kier alpha value is -3.42. The third-order valence-electron chi connectivity index (χ3n) is 3.81. The summed E-state index contributed by atoms with van der Waals surface area (Å²) in [4.78, 5) is 36.0. The first kappa shape index (κ1) is 19.9. The lowest BCUT2D eigenvalue weighted by Crippen LogP contribution is -2.30. The zero-order valence-electron chi connectivity index (χ0n) is 15.3. The van der Waals surface area contributed by atoms with Gasteiger partial charge < -0.3 is 15.0 Å². The normalized spacial score (nSPS) is 11.4. The number of ether oxygens (including phenoxy) is 1. The summed E-state index contributed by atoms with van der Waals surface area (Å²) in [7, 11) is 3.38. The Balaban J connectivity index is 1.98. The molecule has 0 heterocycles. The molecule has 2 amide bonds. The number of hydrogen-bond acceptors (Lipinski definition) is 5. The van der Waals surface area contributed by atoms with Crippen LogP contribution in [0.25, 0.3) is 0 Å². The van der Waals surface area contributed by atoms with E-state index in [1.54, 1.807) is 44.4 Å². The van der Waals surface area contributed by atoms with Gasteiger partial charge in [0.2, 0.25) is 5.91 Å². The standard InChI is InChI=1S/C19H21N3O5/c1-13(27-17-7-5-4-6-16(17)22(25)26)19(24)20-15-10-8-14(9-11-15)12-18(23)21(2)3/h4-11,13H,12H2,1-3H3,(H,20,24). The molecule has 0 fully saturated rings. The van der Waals surface area contributed by atoms with Gasteiger partial charge in [0.25, 0.3) is 5.91 Å². The smallest absolute Gasteiger partial charge is 0.310 e. The van der Waals surface area contributed by atoms with Gasteiger partial charge in [-0.05, 0) is 30.7 Å². The first-order valence-electron chi connectivity index (χ1n) is 8.28. The predicted octanol–water partition coefficient (Wildman–Crippen LogP) is 2.63. The Morgan fingerprint density at radius 2 is 1.78 bits per heavy atom. The number of benzene rings is 2. The van der Waals surface area contributed by atoms with E-state index in [2.05, 4.69) is 5.32 Å². The molecule has 0 aliphatic carbocycles. The van der Waals surface area contributed by atoms with Gasteiger partial charge in [0.1, 0.15) is 0 Å².